The summed E-state index contributed by atoms with van der Waals surface area (Å²) in [6, 6.07) is 1.99. The Balaban J connectivity index is 1.79. The van der Waals surface area contributed by atoms with Gasteiger partial charge in [0.05, 0.1) is 11.1 Å². The van der Waals surface area contributed by atoms with Crippen LogP contribution in [0.25, 0.3) is 11.5 Å². The van der Waals surface area contributed by atoms with Gasteiger partial charge in [-0.05, 0) is 43.0 Å². The van der Waals surface area contributed by atoms with Crippen molar-refractivity contribution in [3.8, 4) is 11.5 Å². The first-order valence-electron chi connectivity index (χ1n) is 6.87. The molecule has 3 rings (SSSR count). The monoisotopic (exact) mass is 277 g/mol. The van der Waals surface area contributed by atoms with E-state index in [0.29, 0.717) is 11.7 Å². The van der Waals surface area contributed by atoms with Crippen LogP contribution in [-0.2, 0) is 5.54 Å². The summed E-state index contributed by atoms with van der Waals surface area (Å²) >= 11 is 1.62. The van der Waals surface area contributed by atoms with E-state index in [4.69, 9.17) is 10.3 Å². The first kappa shape index (κ1) is 12.8. The molecule has 0 radical (unpaired) electrons. The Morgan fingerprint density at radius 2 is 2.26 bits per heavy atom. The number of nitrogens with two attached hydrogens (primary N) is 1. The van der Waals surface area contributed by atoms with Gasteiger partial charge in [-0.25, -0.2) is 0 Å². The Labute approximate surface area is 117 Å². The highest BCUT2D eigenvalue weighted by Crippen LogP contribution is 2.38. The molecule has 0 aromatic carbocycles. The van der Waals surface area contributed by atoms with E-state index in [0.717, 1.165) is 37.2 Å². The molecular weight excluding hydrogens is 258 g/mol. The van der Waals surface area contributed by atoms with Gasteiger partial charge in [-0.3, -0.25) is 0 Å². The minimum absolute atomic E-state index is 0.399. The van der Waals surface area contributed by atoms with Crippen LogP contribution in [0.5, 0.6) is 0 Å². The van der Waals surface area contributed by atoms with Crippen molar-refractivity contribution in [1.29, 1.82) is 0 Å². The van der Waals surface area contributed by atoms with Gasteiger partial charge in [0.1, 0.15) is 0 Å². The van der Waals surface area contributed by atoms with Crippen molar-refractivity contribution < 1.29 is 4.52 Å². The summed E-state index contributed by atoms with van der Waals surface area (Å²) in [5, 5.41) is 8.12. The Bertz CT molecular complexity index is 527. The predicted octanol–water partition coefficient (Wildman–Crippen LogP) is 3.55. The molecule has 0 unspecified atom stereocenters. The number of rotatable bonds is 3. The highest BCUT2D eigenvalue weighted by molar-refractivity contribution is 7.08. The Kier molecular flexibility index (Phi) is 3.41. The van der Waals surface area contributed by atoms with Crippen LogP contribution in [0.1, 0.15) is 44.9 Å². The summed E-state index contributed by atoms with van der Waals surface area (Å²) in [4.78, 5) is 4.50. The van der Waals surface area contributed by atoms with Crippen LogP contribution in [0.15, 0.2) is 21.3 Å². The van der Waals surface area contributed by atoms with Crippen molar-refractivity contribution in [1.82, 2.24) is 10.1 Å². The van der Waals surface area contributed by atoms with E-state index in [1.165, 1.54) is 6.42 Å². The minimum Gasteiger partial charge on any atom is -0.334 e. The molecule has 0 atom stereocenters. The highest BCUT2D eigenvalue weighted by Gasteiger charge is 2.36. The molecule has 19 heavy (non-hydrogen) atoms. The van der Waals surface area contributed by atoms with Gasteiger partial charge in [0, 0.05) is 5.38 Å². The summed E-state index contributed by atoms with van der Waals surface area (Å²) < 4.78 is 5.35. The number of aromatic nitrogens is 2. The van der Waals surface area contributed by atoms with Crippen molar-refractivity contribution in [3.05, 3.63) is 22.7 Å². The van der Waals surface area contributed by atoms with Crippen molar-refractivity contribution >= 4 is 11.3 Å². The van der Waals surface area contributed by atoms with Gasteiger partial charge in [0.15, 0.2) is 5.82 Å². The van der Waals surface area contributed by atoms with E-state index in [-0.39, 0.29) is 0 Å². The van der Waals surface area contributed by atoms with E-state index in [9.17, 15) is 0 Å². The Morgan fingerprint density at radius 1 is 1.47 bits per heavy atom. The number of nitrogens with zero attached hydrogens (tertiary/aromatic N) is 2. The highest BCUT2D eigenvalue weighted by atomic mass is 32.1. The maximum atomic E-state index is 6.48. The second-order valence-electron chi connectivity index (χ2n) is 5.44. The second-order valence-corrected chi connectivity index (χ2v) is 6.22. The maximum Gasteiger partial charge on any atom is 0.258 e. The first-order chi connectivity index (χ1) is 9.21. The molecule has 5 heteroatoms. The molecule has 4 nitrogen and oxygen atoms in total. The molecule has 0 amide bonds. The zero-order chi connectivity index (χ0) is 13.3. The van der Waals surface area contributed by atoms with E-state index in [2.05, 4.69) is 17.1 Å². The van der Waals surface area contributed by atoms with Gasteiger partial charge in [-0.2, -0.15) is 16.3 Å². The topological polar surface area (TPSA) is 64.9 Å². The lowest BCUT2D eigenvalue weighted by Crippen LogP contribution is -2.41. The van der Waals surface area contributed by atoms with Gasteiger partial charge in [0.2, 0.25) is 0 Å². The van der Waals surface area contributed by atoms with Gasteiger partial charge >= 0.3 is 0 Å². The first-order valence-corrected chi connectivity index (χ1v) is 7.81. The quantitative estimate of drug-likeness (QED) is 0.931. The number of hydrogen-bond acceptors (Lipinski definition) is 5. The van der Waals surface area contributed by atoms with Crippen LogP contribution >= 0.6 is 11.3 Å². The second kappa shape index (κ2) is 5.06. The number of hydrogen-bond donors (Lipinski definition) is 1. The normalized spacial score (nSPS) is 27.6. The fraction of sp³-hybridized carbons (Fsp3) is 0.571. The molecule has 102 valence electrons. The van der Waals surface area contributed by atoms with Crippen molar-refractivity contribution in [3.63, 3.8) is 0 Å². The molecule has 1 saturated carbocycles. The lowest BCUT2D eigenvalue weighted by Gasteiger charge is -2.34. The summed E-state index contributed by atoms with van der Waals surface area (Å²) in [5.41, 5.74) is 7.06. The fourth-order valence-electron chi connectivity index (χ4n) is 2.75. The smallest absolute Gasteiger partial charge is 0.258 e. The van der Waals surface area contributed by atoms with Crippen molar-refractivity contribution in [2.75, 3.05) is 0 Å². The van der Waals surface area contributed by atoms with Gasteiger partial charge in [-0.1, -0.05) is 18.5 Å². The molecule has 0 bridgehead atoms. The van der Waals surface area contributed by atoms with Crippen LogP contribution < -0.4 is 5.73 Å². The standard InChI is InChI=1S/C14H19N3OS/c1-2-10-3-6-14(15,7-4-10)13-16-12(18-17-13)11-5-8-19-9-11/h5,8-10H,2-4,6-7,15H2,1H3. The van der Waals surface area contributed by atoms with Crippen LogP contribution in [0, 0.1) is 5.92 Å². The van der Waals surface area contributed by atoms with Gasteiger partial charge in [-0.15, -0.1) is 0 Å². The molecular formula is C14H19N3OS. The third kappa shape index (κ3) is 2.44. The van der Waals surface area contributed by atoms with E-state index in [1.807, 2.05) is 16.8 Å². The summed E-state index contributed by atoms with van der Waals surface area (Å²) in [6.45, 7) is 2.25. The molecule has 2 aromatic rings. The summed E-state index contributed by atoms with van der Waals surface area (Å²) in [5.74, 6) is 2.06. The molecule has 1 aliphatic carbocycles. The molecule has 2 heterocycles. The summed E-state index contributed by atoms with van der Waals surface area (Å²) in [6.07, 6.45) is 5.47. The molecule has 0 aliphatic heterocycles. The SMILES string of the molecule is CCC1CCC(N)(c2noc(-c3ccsc3)n2)CC1. The van der Waals surface area contributed by atoms with Crippen molar-refractivity contribution in [2.24, 2.45) is 11.7 Å². The van der Waals surface area contributed by atoms with E-state index in [1.54, 1.807) is 11.3 Å². The van der Waals surface area contributed by atoms with Crippen LogP contribution in [-0.4, -0.2) is 10.1 Å². The average molecular weight is 277 g/mol. The van der Waals surface area contributed by atoms with Crippen LogP contribution in [0.2, 0.25) is 0 Å². The van der Waals surface area contributed by atoms with E-state index >= 15 is 0 Å². The zero-order valence-electron chi connectivity index (χ0n) is 11.1. The van der Waals surface area contributed by atoms with E-state index < -0.39 is 5.54 Å². The molecule has 0 saturated heterocycles. The Hall–Kier alpha value is -1.20. The van der Waals surface area contributed by atoms with Gasteiger partial charge in [0.25, 0.3) is 5.89 Å². The average Bonchev–Trinajstić information content (AvgIpc) is 3.10. The molecule has 1 fully saturated rings. The fourth-order valence-corrected chi connectivity index (χ4v) is 3.38. The maximum absolute atomic E-state index is 6.48. The van der Waals surface area contributed by atoms with Crippen molar-refractivity contribution in [2.45, 2.75) is 44.6 Å². The minimum atomic E-state index is -0.399. The van der Waals surface area contributed by atoms with Crippen LogP contribution in [0.4, 0.5) is 0 Å². The van der Waals surface area contributed by atoms with Gasteiger partial charge < -0.3 is 10.3 Å². The number of thiophene rings is 1. The molecule has 1 aliphatic rings. The third-order valence-corrected chi connectivity index (χ3v) is 4.90. The summed E-state index contributed by atoms with van der Waals surface area (Å²) in [7, 11) is 0. The molecule has 2 aromatic heterocycles. The Morgan fingerprint density at radius 3 is 2.89 bits per heavy atom. The zero-order valence-corrected chi connectivity index (χ0v) is 11.9. The molecule has 2 N–H and O–H groups in total. The lowest BCUT2D eigenvalue weighted by molar-refractivity contribution is 0.216. The largest absolute Gasteiger partial charge is 0.334 e. The van der Waals surface area contributed by atoms with Crippen LogP contribution in [0.3, 0.4) is 0 Å². The molecule has 0 spiro atoms. The lowest BCUT2D eigenvalue weighted by atomic mass is 9.76. The predicted molar refractivity (Wildman–Crippen MR) is 75.7 cm³/mol. The third-order valence-electron chi connectivity index (χ3n) is 4.21.